The van der Waals surface area contributed by atoms with Crippen molar-refractivity contribution < 1.29 is 14.3 Å². The van der Waals surface area contributed by atoms with Crippen molar-refractivity contribution in [3.63, 3.8) is 0 Å². The van der Waals surface area contributed by atoms with E-state index in [2.05, 4.69) is 15.8 Å². The van der Waals surface area contributed by atoms with E-state index in [0.717, 1.165) is 22.2 Å². The van der Waals surface area contributed by atoms with Gasteiger partial charge in [0, 0.05) is 23.1 Å². The van der Waals surface area contributed by atoms with E-state index in [1.54, 1.807) is 31.1 Å². The third-order valence-corrected chi connectivity index (χ3v) is 4.96. The predicted molar refractivity (Wildman–Crippen MR) is 109 cm³/mol. The molecule has 0 fully saturated rings. The van der Waals surface area contributed by atoms with Crippen molar-refractivity contribution in [3.05, 3.63) is 41.6 Å². The highest BCUT2D eigenvalue weighted by Crippen LogP contribution is 2.27. The summed E-state index contributed by atoms with van der Waals surface area (Å²) in [7, 11) is 1.75. The van der Waals surface area contributed by atoms with Crippen LogP contribution in [0.25, 0.3) is 10.9 Å². The zero-order valence-corrected chi connectivity index (χ0v) is 16.6. The van der Waals surface area contributed by atoms with Crippen molar-refractivity contribution in [2.24, 2.45) is 5.73 Å². The number of amides is 1. The minimum Gasteiger partial charge on any atom is -0.449 e. The fourth-order valence-corrected chi connectivity index (χ4v) is 3.45. The molecule has 1 aromatic heterocycles. The molecule has 0 bridgehead atoms. The number of nitrogens with one attached hydrogen (secondary N) is 2. The summed E-state index contributed by atoms with van der Waals surface area (Å²) in [5, 5.41) is 0.790. The molecule has 7 nitrogen and oxygen atoms in total. The number of hydrogen-bond acceptors (Lipinski definition) is 7. The Hall–Kier alpha value is -2.16. The maximum absolute atomic E-state index is 13.1. The molecule has 0 radical (unpaired) electrons. The monoisotopic (exact) mass is 390 g/mol. The van der Waals surface area contributed by atoms with Crippen LogP contribution in [0.15, 0.2) is 30.5 Å². The van der Waals surface area contributed by atoms with Gasteiger partial charge in [-0.1, -0.05) is 25.1 Å². The van der Waals surface area contributed by atoms with E-state index in [9.17, 15) is 9.59 Å². The number of hydrogen-bond donors (Lipinski definition) is 3. The molecule has 2 rings (SSSR count). The Balaban J connectivity index is 2.39. The Bertz CT molecular complexity index is 800. The lowest BCUT2D eigenvalue weighted by atomic mass is 9.94. The predicted octanol–water partition coefficient (Wildman–Crippen LogP) is 2.46. The fourth-order valence-electron chi connectivity index (χ4n) is 2.97. The van der Waals surface area contributed by atoms with Gasteiger partial charge in [0.1, 0.15) is 0 Å². The minimum atomic E-state index is -0.805. The van der Waals surface area contributed by atoms with Crippen LogP contribution >= 0.6 is 11.8 Å². The number of rotatable bonds is 10. The first-order valence-corrected chi connectivity index (χ1v) is 10.1. The number of pyridine rings is 1. The molecule has 27 heavy (non-hydrogen) atoms. The van der Waals surface area contributed by atoms with Gasteiger partial charge in [0.05, 0.1) is 18.2 Å². The van der Waals surface area contributed by atoms with Crippen LogP contribution in [-0.2, 0) is 4.74 Å². The van der Waals surface area contributed by atoms with Crippen LogP contribution in [0.1, 0.15) is 35.2 Å². The molecule has 1 amide bonds. The summed E-state index contributed by atoms with van der Waals surface area (Å²) in [5.41, 5.74) is 13.2. The first-order chi connectivity index (χ1) is 13.0. The third-order valence-electron chi connectivity index (χ3n) is 4.32. The second-order valence-corrected chi connectivity index (χ2v) is 7.21. The van der Waals surface area contributed by atoms with Crippen LogP contribution in [0.5, 0.6) is 0 Å². The van der Waals surface area contributed by atoms with E-state index >= 15 is 0 Å². The molecule has 0 saturated heterocycles. The van der Waals surface area contributed by atoms with Gasteiger partial charge in [-0.25, -0.2) is 10.2 Å². The summed E-state index contributed by atoms with van der Waals surface area (Å²) in [4.78, 5) is 28.5. The summed E-state index contributed by atoms with van der Waals surface area (Å²) in [5.74, 6) is 0.798. The number of thioether (sulfide) groups is 1. The SMILES string of the molecule is CNNC(CCSC)C(=O)c1ccnc2c(C(C)COC(N)=O)cccc12. The number of ketones is 1. The highest BCUT2D eigenvalue weighted by molar-refractivity contribution is 7.98. The third kappa shape index (κ3) is 5.41. The Labute approximate surface area is 163 Å². The number of primary amides is 1. The number of nitrogens with zero attached hydrogens (tertiary/aromatic N) is 1. The second kappa shape index (κ2) is 10.2. The largest absolute Gasteiger partial charge is 0.449 e. The summed E-state index contributed by atoms with van der Waals surface area (Å²) in [6, 6.07) is 7.13. The summed E-state index contributed by atoms with van der Waals surface area (Å²) in [6.07, 6.45) is 3.57. The Kier molecular flexibility index (Phi) is 8.02. The number of nitrogens with two attached hydrogens (primary N) is 1. The number of ether oxygens (including phenoxy) is 1. The molecule has 1 aromatic carbocycles. The van der Waals surface area contributed by atoms with Crippen LogP contribution in [0.2, 0.25) is 0 Å². The van der Waals surface area contributed by atoms with Crippen molar-refractivity contribution in [3.8, 4) is 0 Å². The number of para-hydroxylation sites is 1. The van der Waals surface area contributed by atoms with Gasteiger partial charge in [0.2, 0.25) is 0 Å². The van der Waals surface area contributed by atoms with Crippen molar-refractivity contribution in [1.82, 2.24) is 15.8 Å². The molecule has 1 heterocycles. The normalized spacial score (nSPS) is 13.3. The highest BCUT2D eigenvalue weighted by Gasteiger charge is 2.22. The molecule has 0 aliphatic carbocycles. The van der Waals surface area contributed by atoms with Crippen molar-refractivity contribution in [2.75, 3.05) is 25.7 Å². The van der Waals surface area contributed by atoms with Gasteiger partial charge in [-0.05, 0) is 37.1 Å². The zero-order chi connectivity index (χ0) is 19.8. The first-order valence-electron chi connectivity index (χ1n) is 8.74. The van der Waals surface area contributed by atoms with Gasteiger partial charge < -0.3 is 10.5 Å². The smallest absolute Gasteiger partial charge is 0.404 e. The number of aromatic nitrogens is 1. The number of Topliss-reactive ketones (excluding diaryl/α,β-unsaturated/α-hetero) is 1. The van der Waals surface area contributed by atoms with Gasteiger partial charge in [0.15, 0.2) is 5.78 Å². The maximum atomic E-state index is 13.1. The van der Waals surface area contributed by atoms with Crippen LogP contribution in [0.3, 0.4) is 0 Å². The summed E-state index contributed by atoms with van der Waals surface area (Å²) >= 11 is 1.70. The fraction of sp³-hybridized carbons (Fsp3) is 0.421. The Morgan fingerprint density at radius 2 is 2.11 bits per heavy atom. The quantitative estimate of drug-likeness (QED) is 0.423. The number of fused-ring (bicyclic) bond motifs is 1. The van der Waals surface area contributed by atoms with Gasteiger partial charge in [0.25, 0.3) is 0 Å². The molecule has 0 aliphatic rings. The summed E-state index contributed by atoms with van der Waals surface area (Å²) in [6.45, 7) is 2.09. The van der Waals surface area contributed by atoms with Crippen LogP contribution in [0, 0.1) is 0 Å². The average molecular weight is 391 g/mol. The molecule has 0 saturated carbocycles. The maximum Gasteiger partial charge on any atom is 0.404 e. The lowest BCUT2D eigenvalue weighted by Gasteiger charge is -2.19. The van der Waals surface area contributed by atoms with Crippen molar-refractivity contribution in [1.29, 1.82) is 0 Å². The van der Waals surface area contributed by atoms with Gasteiger partial charge in [-0.3, -0.25) is 15.2 Å². The molecule has 0 aliphatic heterocycles. The van der Waals surface area contributed by atoms with Crippen molar-refractivity contribution >= 4 is 34.5 Å². The first kappa shape index (κ1) is 21.1. The molecule has 8 heteroatoms. The number of carbonyl (C=O) groups is 2. The van der Waals surface area contributed by atoms with Gasteiger partial charge >= 0.3 is 6.09 Å². The van der Waals surface area contributed by atoms with E-state index in [1.807, 2.05) is 31.4 Å². The Morgan fingerprint density at radius 3 is 2.78 bits per heavy atom. The van der Waals surface area contributed by atoms with E-state index in [1.165, 1.54) is 0 Å². The number of benzene rings is 1. The van der Waals surface area contributed by atoms with Gasteiger partial charge in [-0.2, -0.15) is 11.8 Å². The van der Waals surface area contributed by atoms with Gasteiger partial charge in [-0.15, -0.1) is 0 Å². The lowest BCUT2D eigenvalue weighted by molar-refractivity contribution is 0.0936. The number of hydrazine groups is 1. The molecule has 2 aromatic rings. The topological polar surface area (TPSA) is 106 Å². The Morgan fingerprint density at radius 1 is 1.33 bits per heavy atom. The molecule has 4 N–H and O–H groups in total. The molecule has 2 atom stereocenters. The van der Waals surface area contributed by atoms with Crippen LogP contribution in [0.4, 0.5) is 4.79 Å². The highest BCUT2D eigenvalue weighted by atomic mass is 32.2. The molecule has 146 valence electrons. The standard InChI is InChI=1S/C19H26N4O3S/c1-12(11-26-19(20)25)13-5-4-6-14-15(7-9-22-17(13)14)18(24)16(23-21-2)8-10-27-3/h4-7,9,12,16,21,23H,8,10-11H2,1-3H3,(H2,20,25). The minimum absolute atomic E-state index is 0.0176. The van der Waals surface area contributed by atoms with Crippen LogP contribution in [-0.4, -0.2) is 48.6 Å². The van der Waals surface area contributed by atoms with E-state index in [-0.39, 0.29) is 24.3 Å². The molecular formula is C19H26N4O3S. The van der Waals surface area contributed by atoms with E-state index in [4.69, 9.17) is 10.5 Å². The van der Waals surface area contributed by atoms with Crippen molar-refractivity contribution in [2.45, 2.75) is 25.3 Å². The summed E-state index contributed by atoms with van der Waals surface area (Å²) < 4.78 is 4.92. The van der Waals surface area contributed by atoms with Crippen LogP contribution < -0.4 is 16.6 Å². The average Bonchev–Trinajstić information content (AvgIpc) is 2.67. The number of carbonyl (C=O) groups excluding carboxylic acids is 2. The molecular weight excluding hydrogens is 364 g/mol. The van der Waals surface area contributed by atoms with E-state index < -0.39 is 6.09 Å². The zero-order valence-electron chi connectivity index (χ0n) is 15.8. The van der Waals surface area contributed by atoms with E-state index in [0.29, 0.717) is 12.0 Å². The lowest BCUT2D eigenvalue weighted by Crippen LogP contribution is -2.44. The molecule has 0 spiro atoms. The second-order valence-electron chi connectivity index (χ2n) is 6.23. The molecule has 2 unspecified atom stereocenters.